The van der Waals surface area contributed by atoms with Gasteiger partial charge >= 0.3 is 0 Å². The summed E-state index contributed by atoms with van der Waals surface area (Å²) in [6, 6.07) is 21.4. The summed E-state index contributed by atoms with van der Waals surface area (Å²) in [5, 5.41) is 3.53. The van der Waals surface area contributed by atoms with Crippen molar-refractivity contribution >= 4 is 39.1 Å². The van der Waals surface area contributed by atoms with Crippen molar-refractivity contribution in [3.05, 3.63) is 95.0 Å². The summed E-state index contributed by atoms with van der Waals surface area (Å²) < 4.78 is 28.8. The second-order valence-corrected chi connectivity index (χ2v) is 12.2. The second kappa shape index (κ2) is 12.7. The SMILES string of the molecule is Cc1ccccc1N(CC(=O)N(Cc1ccccc1Cl)C(C)C(=O)NC1CCCC1)S(=O)(=O)c1ccccc1. The van der Waals surface area contributed by atoms with Gasteiger partial charge in [0.05, 0.1) is 10.6 Å². The zero-order valence-corrected chi connectivity index (χ0v) is 23.8. The highest BCUT2D eigenvalue weighted by molar-refractivity contribution is 7.92. The third-order valence-corrected chi connectivity index (χ3v) is 9.30. The van der Waals surface area contributed by atoms with Crippen LogP contribution in [0.3, 0.4) is 0 Å². The Kier molecular flexibility index (Phi) is 9.30. The third kappa shape index (κ3) is 6.81. The monoisotopic (exact) mass is 567 g/mol. The molecule has 1 atom stereocenters. The molecule has 1 fully saturated rings. The van der Waals surface area contributed by atoms with Crippen LogP contribution in [0.2, 0.25) is 5.02 Å². The van der Waals surface area contributed by atoms with Gasteiger partial charge in [0.2, 0.25) is 11.8 Å². The molecule has 3 aromatic carbocycles. The van der Waals surface area contributed by atoms with Crippen molar-refractivity contribution in [2.75, 3.05) is 10.8 Å². The summed E-state index contributed by atoms with van der Waals surface area (Å²) in [6.07, 6.45) is 3.94. The molecular weight excluding hydrogens is 534 g/mol. The van der Waals surface area contributed by atoms with Crippen molar-refractivity contribution in [1.29, 1.82) is 0 Å². The number of benzene rings is 3. The van der Waals surface area contributed by atoms with E-state index in [1.807, 2.05) is 12.1 Å². The Bertz CT molecular complexity index is 1410. The van der Waals surface area contributed by atoms with E-state index >= 15 is 0 Å². The van der Waals surface area contributed by atoms with E-state index in [2.05, 4.69) is 5.32 Å². The average molecular weight is 568 g/mol. The largest absolute Gasteiger partial charge is 0.352 e. The van der Waals surface area contributed by atoms with Gasteiger partial charge in [-0.1, -0.05) is 79.0 Å². The minimum atomic E-state index is -4.09. The van der Waals surface area contributed by atoms with E-state index in [9.17, 15) is 18.0 Å². The van der Waals surface area contributed by atoms with Crippen molar-refractivity contribution in [2.45, 2.75) is 63.1 Å². The van der Waals surface area contributed by atoms with Gasteiger partial charge in [-0.3, -0.25) is 13.9 Å². The maximum Gasteiger partial charge on any atom is 0.264 e. The van der Waals surface area contributed by atoms with Gasteiger partial charge in [-0.15, -0.1) is 0 Å². The van der Waals surface area contributed by atoms with Crippen LogP contribution in [-0.4, -0.2) is 43.8 Å². The fourth-order valence-corrected chi connectivity index (χ4v) is 6.56. The van der Waals surface area contributed by atoms with E-state index in [1.165, 1.54) is 17.0 Å². The lowest BCUT2D eigenvalue weighted by Gasteiger charge is -2.33. The molecule has 3 aromatic rings. The predicted molar refractivity (Wildman–Crippen MR) is 154 cm³/mol. The van der Waals surface area contributed by atoms with Crippen LogP contribution < -0.4 is 9.62 Å². The number of nitrogens with zero attached hydrogens (tertiary/aromatic N) is 2. The van der Waals surface area contributed by atoms with Crippen LogP contribution in [0.1, 0.15) is 43.7 Å². The molecule has 39 heavy (non-hydrogen) atoms. The summed E-state index contributed by atoms with van der Waals surface area (Å²) in [5.41, 5.74) is 1.77. The van der Waals surface area contributed by atoms with Gasteiger partial charge in [-0.05, 0) is 62.1 Å². The fraction of sp³-hybridized carbons (Fsp3) is 0.333. The Labute approximate surface area is 235 Å². The number of hydrogen-bond donors (Lipinski definition) is 1. The Morgan fingerprint density at radius 2 is 1.56 bits per heavy atom. The van der Waals surface area contributed by atoms with E-state index in [1.54, 1.807) is 68.4 Å². The predicted octanol–water partition coefficient (Wildman–Crippen LogP) is 5.32. The minimum absolute atomic E-state index is 0.0603. The second-order valence-electron chi connectivity index (χ2n) is 9.89. The Balaban J connectivity index is 1.69. The molecule has 1 N–H and O–H groups in total. The first-order chi connectivity index (χ1) is 18.7. The van der Waals surface area contributed by atoms with Gasteiger partial charge < -0.3 is 10.2 Å². The highest BCUT2D eigenvalue weighted by atomic mass is 35.5. The lowest BCUT2D eigenvalue weighted by atomic mass is 10.1. The molecule has 0 heterocycles. The van der Waals surface area contributed by atoms with E-state index in [4.69, 9.17) is 11.6 Å². The standard InChI is InChI=1S/C30H34ClN3O4S/c1-22-12-6-11-19-28(22)34(39(37,38)26-16-4-3-5-17-26)21-29(35)33(20-24-13-7-10-18-27(24)31)23(2)30(36)32-25-14-8-9-15-25/h3-7,10-13,16-19,23,25H,8-9,14-15,20-21H2,1-2H3,(H,32,36). The van der Waals surface area contributed by atoms with Crippen LogP contribution in [-0.2, 0) is 26.2 Å². The van der Waals surface area contributed by atoms with E-state index in [0.717, 1.165) is 30.0 Å². The third-order valence-electron chi connectivity index (χ3n) is 7.16. The van der Waals surface area contributed by atoms with E-state index in [-0.39, 0.29) is 23.4 Å². The summed E-state index contributed by atoms with van der Waals surface area (Å²) in [7, 11) is -4.09. The van der Waals surface area contributed by atoms with Crippen LogP contribution in [0, 0.1) is 6.92 Å². The number of rotatable bonds is 10. The van der Waals surface area contributed by atoms with Gasteiger partial charge in [0.25, 0.3) is 10.0 Å². The van der Waals surface area contributed by atoms with Crippen LogP contribution in [0.5, 0.6) is 0 Å². The molecule has 1 saturated carbocycles. The Morgan fingerprint density at radius 1 is 0.949 bits per heavy atom. The number of nitrogens with one attached hydrogen (secondary N) is 1. The van der Waals surface area contributed by atoms with Crippen LogP contribution in [0.4, 0.5) is 5.69 Å². The molecule has 0 aliphatic heterocycles. The van der Waals surface area contributed by atoms with Crippen molar-refractivity contribution in [1.82, 2.24) is 10.2 Å². The van der Waals surface area contributed by atoms with Crippen LogP contribution >= 0.6 is 11.6 Å². The lowest BCUT2D eigenvalue weighted by Crippen LogP contribution is -2.52. The van der Waals surface area contributed by atoms with Gasteiger partial charge in [0.1, 0.15) is 12.6 Å². The first-order valence-electron chi connectivity index (χ1n) is 13.1. The first kappa shape index (κ1) is 28.6. The topological polar surface area (TPSA) is 86.8 Å². The van der Waals surface area contributed by atoms with Gasteiger partial charge in [0, 0.05) is 17.6 Å². The quantitative estimate of drug-likeness (QED) is 0.359. The Morgan fingerprint density at radius 3 is 2.23 bits per heavy atom. The highest BCUT2D eigenvalue weighted by Gasteiger charge is 2.34. The van der Waals surface area contributed by atoms with Gasteiger partial charge in [0.15, 0.2) is 0 Å². The van der Waals surface area contributed by atoms with E-state index in [0.29, 0.717) is 21.8 Å². The van der Waals surface area contributed by atoms with Crippen molar-refractivity contribution in [2.24, 2.45) is 0 Å². The van der Waals surface area contributed by atoms with Crippen molar-refractivity contribution in [3.8, 4) is 0 Å². The number of para-hydroxylation sites is 1. The molecule has 1 unspecified atom stereocenters. The number of carbonyl (C=O) groups is 2. The number of aryl methyl sites for hydroxylation is 1. The molecule has 0 radical (unpaired) electrons. The van der Waals surface area contributed by atoms with Crippen molar-refractivity contribution < 1.29 is 18.0 Å². The molecule has 0 aromatic heterocycles. The smallest absolute Gasteiger partial charge is 0.264 e. The number of carbonyl (C=O) groups excluding carboxylic acids is 2. The maximum absolute atomic E-state index is 14.0. The van der Waals surface area contributed by atoms with Crippen LogP contribution in [0.25, 0.3) is 0 Å². The molecule has 2 amide bonds. The molecule has 1 aliphatic rings. The van der Waals surface area contributed by atoms with Gasteiger partial charge in [-0.25, -0.2) is 8.42 Å². The number of amides is 2. The maximum atomic E-state index is 14.0. The molecule has 9 heteroatoms. The summed E-state index contributed by atoms with van der Waals surface area (Å²) >= 11 is 6.42. The molecule has 206 valence electrons. The van der Waals surface area contributed by atoms with Crippen LogP contribution in [0.15, 0.2) is 83.8 Å². The molecule has 0 spiro atoms. The number of halogens is 1. The Hall–Kier alpha value is -3.36. The fourth-order valence-electron chi connectivity index (χ4n) is 4.86. The van der Waals surface area contributed by atoms with Crippen molar-refractivity contribution in [3.63, 3.8) is 0 Å². The molecule has 1 aliphatic carbocycles. The highest BCUT2D eigenvalue weighted by Crippen LogP contribution is 2.28. The van der Waals surface area contributed by atoms with Gasteiger partial charge in [-0.2, -0.15) is 0 Å². The molecule has 0 bridgehead atoms. The number of sulfonamides is 1. The van der Waals surface area contributed by atoms with E-state index < -0.39 is 28.5 Å². The zero-order valence-electron chi connectivity index (χ0n) is 22.2. The minimum Gasteiger partial charge on any atom is -0.352 e. The molecule has 0 saturated heterocycles. The summed E-state index contributed by atoms with van der Waals surface area (Å²) in [6.45, 7) is 3.05. The number of hydrogen-bond acceptors (Lipinski definition) is 4. The lowest BCUT2D eigenvalue weighted by molar-refractivity contribution is -0.139. The molecular formula is C30H34ClN3O4S. The normalized spacial score (nSPS) is 14.5. The first-order valence-corrected chi connectivity index (χ1v) is 15.0. The molecule has 4 rings (SSSR count). The number of anilines is 1. The zero-order chi connectivity index (χ0) is 28.0. The summed E-state index contributed by atoms with van der Waals surface area (Å²) in [4.78, 5) is 28.8. The molecule has 7 nitrogen and oxygen atoms in total. The summed E-state index contributed by atoms with van der Waals surface area (Å²) in [5.74, 6) is -0.776. The average Bonchev–Trinajstić information content (AvgIpc) is 3.45.